The lowest BCUT2D eigenvalue weighted by Crippen LogP contribution is -2.15. The minimum atomic E-state index is -0.263. The standard InChI is InChI=1S/C17H17N3O4/c1-11-10-14(12(2)23-11)16-19-20-17(24-16)18-15(21)8-9-22-13-6-4-3-5-7-13/h3-7,10H,8-9H2,1-2H3,(H,18,20,21). The van der Waals surface area contributed by atoms with Gasteiger partial charge in [0.05, 0.1) is 18.6 Å². The van der Waals surface area contributed by atoms with E-state index in [2.05, 4.69) is 15.5 Å². The van der Waals surface area contributed by atoms with Crippen LogP contribution in [0.2, 0.25) is 0 Å². The van der Waals surface area contributed by atoms with E-state index in [0.717, 1.165) is 11.5 Å². The van der Waals surface area contributed by atoms with Crippen molar-refractivity contribution in [3.8, 4) is 17.2 Å². The first-order valence-corrected chi connectivity index (χ1v) is 7.50. The molecular formula is C17H17N3O4. The monoisotopic (exact) mass is 327 g/mol. The second-order valence-corrected chi connectivity index (χ2v) is 5.20. The maximum atomic E-state index is 11.9. The molecule has 7 heteroatoms. The summed E-state index contributed by atoms with van der Waals surface area (Å²) < 4.78 is 16.3. The number of carbonyl (C=O) groups is 1. The van der Waals surface area contributed by atoms with Gasteiger partial charge in [0.1, 0.15) is 17.3 Å². The van der Waals surface area contributed by atoms with Crippen molar-refractivity contribution in [2.24, 2.45) is 0 Å². The first-order chi connectivity index (χ1) is 11.6. The van der Waals surface area contributed by atoms with Crippen LogP contribution in [0, 0.1) is 13.8 Å². The maximum absolute atomic E-state index is 11.9. The van der Waals surface area contributed by atoms with E-state index in [1.165, 1.54) is 0 Å². The van der Waals surface area contributed by atoms with Crippen LogP contribution in [-0.2, 0) is 4.79 Å². The van der Waals surface area contributed by atoms with Gasteiger partial charge in [-0.3, -0.25) is 10.1 Å². The topological polar surface area (TPSA) is 90.4 Å². The van der Waals surface area contributed by atoms with Gasteiger partial charge in [0.2, 0.25) is 5.91 Å². The fourth-order valence-electron chi connectivity index (χ4n) is 2.19. The summed E-state index contributed by atoms with van der Waals surface area (Å²) in [6.45, 7) is 3.91. The number of aromatic nitrogens is 2. The first kappa shape index (κ1) is 15.8. The summed E-state index contributed by atoms with van der Waals surface area (Å²) in [6.07, 6.45) is 0.177. The van der Waals surface area contributed by atoms with Crippen molar-refractivity contribution in [1.29, 1.82) is 0 Å². The van der Waals surface area contributed by atoms with Crippen molar-refractivity contribution < 1.29 is 18.4 Å². The van der Waals surface area contributed by atoms with Gasteiger partial charge < -0.3 is 13.6 Å². The predicted octanol–water partition coefficient (Wildman–Crippen LogP) is 3.35. The molecule has 0 fully saturated rings. The molecule has 0 aliphatic rings. The summed E-state index contributed by atoms with van der Waals surface area (Å²) in [6, 6.07) is 11.2. The quantitative estimate of drug-likeness (QED) is 0.746. The summed E-state index contributed by atoms with van der Waals surface area (Å²) in [7, 11) is 0. The number of rotatable bonds is 6. The van der Waals surface area contributed by atoms with E-state index in [1.807, 2.05) is 50.2 Å². The van der Waals surface area contributed by atoms with Crippen LogP contribution >= 0.6 is 0 Å². The molecule has 2 aromatic heterocycles. The summed E-state index contributed by atoms with van der Waals surface area (Å²) in [4.78, 5) is 11.9. The van der Waals surface area contributed by atoms with Gasteiger partial charge >= 0.3 is 6.01 Å². The van der Waals surface area contributed by atoms with Crippen LogP contribution in [0.4, 0.5) is 6.01 Å². The molecule has 0 aliphatic heterocycles. The van der Waals surface area contributed by atoms with Gasteiger partial charge in [0.15, 0.2) is 0 Å². The normalized spacial score (nSPS) is 10.6. The molecule has 3 rings (SSSR count). The third kappa shape index (κ3) is 3.81. The Morgan fingerprint density at radius 2 is 1.96 bits per heavy atom. The van der Waals surface area contributed by atoms with Gasteiger partial charge in [-0.2, -0.15) is 0 Å². The highest BCUT2D eigenvalue weighted by atomic mass is 16.5. The third-order valence-electron chi connectivity index (χ3n) is 3.28. The fourth-order valence-corrected chi connectivity index (χ4v) is 2.19. The molecule has 1 aromatic carbocycles. The number of hydrogen-bond donors (Lipinski definition) is 1. The molecule has 1 amide bonds. The lowest BCUT2D eigenvalue weighted by atomic mass is 10.2. The Bertz CT molecular complexity index is 823. The number of ether oxygens (including phenoxy) is 1. The van der Waals surface area contributed by atoms with Crippen LogP contribution in [0.1, 0.15) is 17.9 Å². The van der Waals surface area contributed by atoms with Crippen LogP contribution in [0.15, 0.2) is 45.2 Å². The van der Waals surface area contributed by atoms with E-state index in [-0.39, 0.29) is 24.9 Å². The second kappa shape index (κ2) is 6.99. The number of carbonyl (C=O) groups excluding carboxylic acids is 1. The molecule has 0 aliphatic carbocycles. The summed E-state index contributed by atoms with van der Waals surface area (Å²) in [5.74, 6) is 2.20. The van der Waals surface area contributed by atoms with Crippen LogP contribution in [0.3, 0.4) is 0 Å². The molecule has 0 saturated carbocycles. The number of hydrogen-bond acceptors (Lipinski definition) is 6. The number of anilines is 1. The van der Waals surface area contributed by atoms with E-state index >= 15 is 0 Å². The molecule has 24 heavy (non-hydrogen) atoms. The van der Waals surface area contributed by atoms with Crippen LogP contribution in [-0.4, -0.2) is 22.7 Å². The molecule has 1 N–H and O–H groups in total. The average Bonchev–Trinajstić information content (AvgIpc) is 3.14. The number of nitrogens with zero attached hydrogens (tertiary/aromatic N) is 2. The van der Waals surface area contributed by atoms with Gasteiger partial charge in [-0.15, -0.1) is 5.10 Å². The second-order valence-electron chi connectivity index (χ2n) is 5.20. The van der Waals surface area contributed by atoms with Crippen molar-refractivity contribution in [2.75, 3.05) is 11.9 Å². The summed E-state index contributed by atoms with van der Waals surface area (Å²) >= 11 is 0. The van der Waals surface area contributed by atoms with Crippen LogP contribution in [0.5, 0.6) is 5.75 Å². The zero-order valence-electron chi connectivity index (χ0n) is 13.4. The van der Waals surface area contributed by atoms with E-state index in [4.69, 9.17) is 13.6 Å². The Kier molecular flexibility index (Phi) is 4.60. The Balaban J connectivity index is 1.53. The Morgan fingerprint density at radius 3 is 2.67 bits per heavy atom. The zero-order chi connectivity index (χ0) is 16.9. The van der Waals surface area contributed by atoms with E-state index < -0.39 is 0 Å². The number of furan rings is 1. The zero-order valence-corrected chi connectivity index (χ0v) is 13.4. The molecule has 2 heterocycles. The van der Waals surface area contributed by atoms with Crippen molar-refractivity contribution in [2.45, 2.75) is 20.3 Å². The molecule has 7 nitrogen and oxygen atoms in total. The lowest BCUT2D eigenvalue weighted by Gasteiger charge is -2.04. The summed E-state index contributed by atoms with van der Waals surface area (Å²) in [5.41, 5.74) is 0.716. The highest BCUT2D eigenvalue weighted by Crippen LogP contribution is 2.26. The van der Waals surface area contributed by atoms with Gasteiger partial charge in [-0.25, -0.2) is 0 Å². The van der Waals surface area contributed by atoms with Gasteiger partial charge in [0, 0.05) is 0 Å². The Hall–Kier alpha value is -3.09. The predicted molar refractivity (Wildman–Crippen MR) is 86.7 cm³/mol. The largest absolute Gasteiger partial charge is 0.493 e. The van der Waals surface area contributed by atoms with Crippen molar-refractivity contribution in [3.05, 3.63) is 47.9 Å². The van der Waals surface area contributed by atoms with Crippen LogP contribution in [0.25, 0.3) is 11.5 Å². The number of amides is 1. The van der Waals surface area contributed by atoms with E-state index in [0.29, 0.717) is 17.2 Å². The SMILES string of the molecule is Cc1cc(-c2nnc(NC(=O)CCOc3ccccc3)o2)c(C)o1. The summed E-state index contributed by atoms with van der Waals surface area (Å²) in [5, 5.41) is 10.3. The van der Waals surface area contributed by atoms with Gasteiger partial charge in [0.25, 0.3) is 5.89 Å². The molecule has 124 valence electrons. The lowest BCUT2D eigenvalue weighted by molar-refractivity contribution is -0.116. The Labute approximate surface area is 138 Å². The maximum Gasteiger partial charge on any atom is 0.322 e. The highest BCUT2D eigenvalue weighted by Gasteiger charge is 2.15. The van der Waals surface area contributed by atoms with Gasteiger partial charge in [-0.05, 0) is 32.0 Å². The van der Waals surface area contributed by atoms with Crippen LogP contribution < -0.4 is 10.1 Å². The Morgan fingerprint density at radius 1 is 1.17 bits per heavy atom. The highest BCUT2D eigenvalue weighted by molar-refractivity contribution is 5.88. The van der Waals surface area contributed by atoms with E-state index in [1.54, 1.807) is 0 Å². The van der Waals surface area contributed by atoms with Crippen molar-refractivity contribution >= 4 is 11.9 Å². The molecule has 0 bridgehead atoms. The molecule has 3 aromatic rings. The fraction of sp³-hybridized carbons (Fsp3) is 0.235. The molecule has 0 spiro atoms. The van der Waals surface area contributed by atoms with E-state index in [9.17, 15) is 4.79 Å². The molecular weight excluding hydrogens is 310 g/mol. The minimum Gasteiger partial charge on any atom is -0.493 e. The molecule has 0 unspecified atom stereocenters. The number of aryl methyl sites for hydroxylation is 2. The van der Waals surface area contributed by atoms with Crippen molar-refractivity contribution in [1.82, 2.24) is 10.2 Å². The number of nitrogens with one attached hydrogen (secondary N) is 1. The van der Waals surface area contributed by atoms with Gasteiger partial charge in [-0.1, -0.05) is 23.3 Å². The number of benzene rings is 1. The molecule has 0 atom stereocenters. The average molecular weight is 327 g/mol. The third-order valence-corrected chi connectivity index (χ3v) is 3.28. The smallest absolute Gasteiger partial charge is 0.322 e. The molecule has 0 radical (unpaired) electrons. The first-order valence-electron chi connectivity index (χ1n) is 7.50. The van der Waals surface area contributed by atoms with Crippen molar-refractivity contribution in [3.63, 3.8) is 0 Å². The minimum absolute atomic E-state index is 0.0490. The number of para-hydroxylation sites is 1. The molecule has 0 saturated heterocycles.